The van der Waals surface area contributed by atoms with Crippen molar-refractivity contribution in [2.24, 2.45) is 5.92 Å². The lowest BCUT2D eigenvalue weighted by Crippen LogP contribution is -2.35. The average molecular weight is 203 g/mol. The number of carboxylic acids is 1. The topological polar surface area (TPSA) is 58.6 Å². The molecule has 0 fully saturated rings. The smallest absolute Gasteiger partial charge is 0.320 e. The van der Waals surface area contributed by atoms with Crippen LogP contribution >= 0.6 is 0 Å². The molecule has 0 heterocycles. The lowest BCUT2D eigenvalue weighted by molar-refractivity contribution is -0.139. The molecular formula is C10H21NO3. The maximum atomic E-state index is 10.4. The highest BCUT2D eigenvalue weighted by Crippen LogP contribution is 1.98. The van der Waals surface area contributed by atoms with E-state index in [1.807, 2.05) is 0 Å². The Balaban J connectivity index is 3.17. The van der Waals surface area contributed by atoms with Crippen molar-refractivity contribution in [2.45, 2.75) is 33.2 Å². The van der Waals surface area contributed by atoms with E-state index in [-0.39, 0.29) is 0 Å². The maximum absolute atomic E-state index is 10.4. The summed E-state index contributed by atoms with van der Waals surface area (Å²) in [5.41, 5.74) is 0. The molecule has 0 amide bonds. The fourth-order valence-corrected chi connectivity index (χ4v) is 0.856. The minimum absolute atomic E-state index is 0.497. The van der Waals surface area contributed by atoms with Gasteiger partial charge in [-0.05, 0) is 19.3 Å². The van der Waals surface area contributed by atoms with Crippen LogP contribution in [-0.4, -0.2) is 36.9 Å². The fraction of sp³-hybridized carbons (Fsp3) is 0.900. The zero-order valence-electron chi connectivity index (χ0n) is 9.25. The predicted molar refractivity (Wildman–Crippen MR) is 55.4 cm³/mol. The first kappa shape index (κ1) is 13.4. The highest BCUT2D eigenvalue weighted by atomic mass is 16.5. The second-order valence-corrected chi connectivity index (χ2v) is 3.81. The molecule has 0 saturated heterocycles. The first-order chi connectivity index (χ1) is 6.54. The molecule has 4 heteroatoms. The predicted octanol–water partition coefficient (Wildman–Crippen LogP) is 1.11. The lowest BCUT2D eigenvalue weighted by Gasteiger charge is -2.09. The molecule has 0 aliphatic carbocycles. The van der Waals surface area contributed by atoms with Crippen LogP contribution in [0.25, 0.3) is 0 Å². The van der Waals surface area contributed by atoms with E-state index in [9.17, 15) is 4.79 Å². The van der Waals surface area contributed by atoms with Crippen molar-refractivity contribution >= 4 is 5.97 Å². The molecule has 0 saturated carbocycles. The van der Waals surface area contributed by atoms with Crippen LogP contribution in [0.2, 0.25) is 0 Å². The van der Waals surface area contributed by atoms with Gasteiger partial charge in [0.25, 0.3) is 0 Å². The van der Waals surface area contributed by atoms with Crippen molar-refractivity contribution in [3.8, 4) is 0 Å². The summed E-state index contributed by atoms with van der Waals surface area (Å²) < 4.78 is 5.32. The van der Waals surface area contributed by atoms with E-state index >= 15 is 0 Å². The monoisotopic (exact) mass is 203 g/mol. The van der Waals surface area contributed by atoms with Crippen LogP contribution in [0.4, 0.5) is 0 Å². The van der Waals surface area contributed by atoms with Crippen LogP contribution in [0.1, 0.15) is 27.2 Å². The zero-order valence-corrected chi connectivity index (χ0v) is 9.25. The minimum Gasteiger partial charge on any atom is -0.480 e. The number of hydrogen-bond acceptors (Lipinski definition) is 3. The maximum Gasteiger partial charge on any atom is 0.320 e. The summed E-state index contributed by atoms with van der Waals surface area (Å²) >= 11 is 0. The number of carboxylic acid groups (broad SMARTS) is 1. The van der Waals surface area contributed by atoms with E-state index in [0.717, 1.165) is 13.0 Å². The fourth-order valence-electron chi connectivity index (χ4n) is 0.856. The van der Waals surface area contributed by atoms with Crippen molar-refractivity contribution < 1.29 is 14.6 Å². The summed E-state index contributed by atoms with van der Waals surface area (Å²) in [5, 5.41) is 11.4. The molecular weight excluding hydrogens is 182 g/mol. The molecule has 0 aliphatic heterocycles. The third kappa shape index (κ3) is 8.01. The average Bonchev–Trinajstić information content (AvgIpc) is 2.09. The van der Waals surface area contributed by atoms with E-state index in [1.165, 1.54) is 0 Å². The third-order valence-electron chi connectivity index (χ3n) is 1.91. The van der Waals surface area contributed by atoms with Crippen molar-refractivity contribution in [3.05, 3.63) is 0 Å². The molecule has 84 valence electrons. The molecule has 1 atom stereocenters. The summed E-state index contributed by atoms with van der Waals surface area (Å²) in [6.45, 7) is 7.83. The Morgan fingerprint density at radius 3 is 2.50 bits per heavy atom. The summed E-state index contributed by atoms with van der Waals surface area (Å²) in [5.74, 6) is -0.173. The van der Waals surface area contributed by atoms with Gasteiger partial charge in [-0.1, -0.05) is 13.8 Å². The summed E-state index contributed by atoms with van der Waals surface area (Å²) in [7, 11) is 0. The Hall–Kier alpha value is -0.610. The summed E-state index contributed by atoms with van der Waals surface area (Å²) in [4.78, 5) is 10.4. The number of nitrogens with one attached hydrogen (secondary N) is 1. The first-order valence-corrected chi connectivity index (χ1v) is 5.08. The number of carbonyl (C=O) groups is 1. The van der Waals surface area contributed by atoms with Gasteiger partial charge in [0.05, 0.1) is 6.61 Å². The normalized spacial score (nSPS) is 13.1. The second kappa shape index (κ2) is 7.76. The largest absolute Gasteiger partial charge is 0.480 e. The molecule has 0 spiro atoms. The van der Waals surface area contributed by atoms with Crippen LogP contribution in [0.5, 0.6) is 0 Å². The van der Waals surface area contributed by atoms with E-state index in [4.69, 9.17) is 9.84 Å². The van der Waals surface area contributed by atoms with Gasteiger partial charge in [-0.15, -0.1) is 0 Å². The Labute approximate surface area is 85.6 Å². The van der Waals surface area contributed by atoms with E-state index in [0.29, 0.717) is 19.1 Å². The number of rotatable bonds is 8. The van der Waals surface area contributed by atoms with Crippen LogP contribution < -0.4 is 5.32 Å². The Morgan fingerprint density at radius 1 is 1.36 bits per heavy atom. The number of ether oxygens (including phenoxy) is 1. The standard InChI is InChI=1S/C10H21NO3/c1-8(2)4-6-14-7-5-11-9(3)10(12)13/h8-9,11H,4-7H2,1-3H3,(H,12,13)/t9-/m1/s1. The molecule has 0 rings (SSSR count). The Bertz CT molecular complexity index is 159. The molecule has 14 heavy (non-hydrogen) atoms. The first-order valence-electron chi connectivity index (χ1n) is 5.08. The van der Waals surface area contributed by atoms with Gasteiger partial charge in [0.15, 0.2) is 0 Å². The van der Waals surface area contributed by atoms with E-state index in [1.54, 1.807) is 6.92 Å². The molecule has 0 unspecified atom stereocenters. The lowest BCUT2D eigenvalue weighted by atomic mass is 10.1. The SMILES string of the molecule is CC(C)CCOCCN[C@H](C)C(=O)O. The summed E-state index contributed by atoms with van der Waals surface area (Å²) in [6.07, 6.45) is 1.05. The van der Waals surface area contributed by atoms with Gasteiger partial charge >= 0.3 is 5.97 Å². The third-order valence-corrected chi connectivity index (χ3v) is 1.91. The van der Waals surface area contributed by atoms with Gasteiger partial charge in [0.2, 0.25) is 0 Å². The van der Waals surface area contributed by atoms with Crippen LogP contribution in [0.3, 0.4) is 0 Å². The molecule has 0 aromatic heterocycles. The molecule has 0 radical (unpaired) electrons. The minimum atomic E-state index is -0.827. The van der Waals surface area contributed by atoms with Crippen molar-refractivity contribution in [2.75, 3.05) is 19.8 Å². The van der Waals surface area contributed by atoms with Crippen LogP contribution in [0, 0.1) is 5.92 Å². The Morgan fingerprint density at radius 2 is 2.00 bits per heavy atom. The molecule has 2 N–H and O–H groups in total. The second-order valence-electron chi connectivity index (χ2n) is 3.81. The van der Waals surface area contributed by atoms with Gasteiger partial charge in [-0.2, -0.15) is 0 Å². The quantitative estimate of drug-likeness (QED) is 0.580. The van der Waals surface area contributed by atoms with Crippen LogP contribution in [-0.2, 0) is 9.53 Å². The van der Waals surface area contributed by atoms with E-state index in [2.05, 4.69) is 19.2 Å². The molecule has 0 bridgehead atoms. The highest BCUT2D eigenvalue weighted by molar-refractivity contribution is 5.72. The van der Waals surface area contributed by atoms with E-state index < -0.39 is 12.0 Å². The van der Waals surface area contributed by atoms with Crippen molar-refractivity contribution in [1.29, 1.82) is 0 Å². The van der Waals surface area contributed by atoms with Crippen molar-refractivity contribution in [3.63, 3.8) is 0 Å². The molecule has 4 nitrogen and oxygen atoms in total. The van der Waals surface area contributed by atoms with Gasteiger partial charge in [-0.3, -0.25) is 4.79 Å². The van der Waals surface area contributed by atoms with Gasteiger partial charge in [-0.25, -0.2) is 0 Å². The molecule has 0 aromatic rings. The van der Waals surface area contributed by atoms with Crippen molar-refractivity contribution in [1.82, 2.24) is 5.32 Å². The molecule has 0 aromatic carbocycles. The zero-order chi connectivity index (χ0) is 11.0. The number of hydrogen-bond donors (Lipinski definition) is 2. The van der Waals surface area contributed by atoms with Gasteiger partial charge in [0, 0.05) is 13.2 Å². The van der Waals surface area contributed by atoms with Gasteiger partial charge < -0.3 is 15.2 Å². The van der Waals surface area contributed by atoms with Crippen LogP contribution in [0.15, 0.2) is 0 Å². The van der Waals surface area contributed by atoms with Gasteiger partial charge in [0.1, 0.15) is 6.04 Å². The number of aliphatic carboxylic acids is 1. The molecule has 0 aliphatic rings. The summed E-state index contributed by atoms with van der Waals surface area (Å²) in [6, 6.07) is -0.497. The highest BCUT2D eigenvalue weighted by Gasteiger charge is 2.08. The Kier molecular flexibility index (Phi) is 7.42.